The van der Waals surface area contributed by atoms with E-state index < -0.39 is 11.9 Å². The summed E-state index contributed by atoms with van der Waals surface area (Å²) in [6, 6.07) is 8.13. The number of nitrogens with zero attached hydrogens (tertiary/aromatic N) is 3. The topological polar surface area (TPSA) is 66.7 Å². The fourth-order valence-electron chi connectivity index (χ4n) is 3.08. The van der Waals surface area contributed by atoms with Gasteiger partial charge in [-0.15, -0.1) is 0 Å². The molecule has 1 aliphatic rings. The van der Waals surface area contributed by atoms with Gasteiger partial charge in [-0.1, -0.05) is 23.7 Å². The van der Waals surface area contributed by atoms with Crippen LogP contribution in [0.25, 0.3) is 5.65 Å². The van der Waals surface area contributed by atoms with Crippen LogP contribution < -0.4 is 5.32 Å². The van der Waals surface area contributed by atoms with E-state index in [1.165, 1.54) is 29.2 Å². The number of pyridine rings is 1. The quantitative estimate of drug-likeness (QED) is 0.751. The first-order chi connectivity index (χ1) is 12.5. The number of aromatic nitrogens is 2. The minimum Gasteiger partial charge on any atom is -0.352 e. The fraction of sp³-hybridized carbons (Fsp3) is 0.167. The van der Waals surface area contributed by atoms with Crippen LogP contribution in [0, 0.1) is 5.82 Å². The molecule has 2 aromatic heterocycles. The number of carbonyl (C=O) groups is 2. The van der Waals surface area contributed by atoms with E-state index in [1.807, 2.05) is 0 Å². The molecule has 1 aromatic carbocycles. The summed E-state index contributed by atoms with van der Waals surface area (Å²) in [6.07, 6.45) is 3.23. The zero-order valence-electron chi connectivity index (χ0n) is 13.5. The van der Waals surface area contributed by atoms with Crippen molar-refractivity contribution in [3.05, 3.63) is 70.9 Å². The van der Waals surface area contributed by atoms with Gasteiger partial charge in [0.25, 0.3) is 5.91 Å². The summed E-state index contributed by atoms with van der Waals surface area (Å²) in [6.45, 7) is 0.683. The van der Waals surface area contributed by atoms with E-state index in [0.29, 0.717) is 29.3 Å². The third kappa shape index (κ3) is 2.90. The zero-order valence-corrected chi connectivity index (χ0v) is 14.3. The van der Waals surface area contributed by atoms with Crippen molar-refractivity contribution in [2.75, 3.05) is 13.1 Å². The van der Waals surface area contributed by atoms with Crippen molar-refractivity contribution in [2.24, 2.45) is 0 Å². The number of benzene rings is 1. The highest BCUT2D eigenvalue weighted by Crippen LogP contribution is 2.25. The van der Waals surface area contributed by atoms with E-state index in [2.05, 4.69) is 10.3 Å². The average Bonchev–Trinajstić information content (AvgIpc) is 3.05. The first-order valence-corrected chi connectivity index (χ1v) is 8.39. The summed E-state index contributed by atoms with van der Waals surface area (Å²) in [5.41, 5.74) is 1.34. The first kappa shape index (κ1) is 16.5. The van der Waals surface area contributed by atoms with Gasteiger partial charge in [-0.25, -0.2) is 9.37 Å². The molecule has 0 bridgehead atoms. The second-order valence-electron chi connectivity index (χ2n) is 5.98. The molecule has 3 heterocycles. The fourth-order valence-corrected chi connectivity index (χ4v) is 3.25. The molecular formula is C18H14ClFN4O2. The lowest BCUT2D eigenvalue weighted by Gasteiger charge is -2.34. The van der Waals surface area contributed by atoms with Gasteiger partial charge in [-0.05, 0) is 29.8 Å². The Hall–Kier alpha value is -2.93. The van der Waals surface area contributed by atoms with Gasteiger partial charge in [-0.3, -0.25) is 9.59 Å². The molecule has 0 radical (unpaired) electrons. The molecule has 0 saturated carbocycles. The van der Waals surface area contributed by atoms with Crippen molar-refractivity contribution in [2.45, 2.75) is 6.04 Å². The van der Waals surface area contributed by atoms with E-state index in [0.717, 1.165) is 0 Å². The summed E-state index contributed by atoms with van der Waals surface area (Å²) >= 11 is 5.96. The Morgan fingerprint density at radius 2 is 1.96 bits per heavy atom. The number of hydrogen-bond acceptors (Lipinski definition) is 3. The molecule has 0 unspecified atom stereocenters. The van der Waals surface area contributed by atoms with Gasteiger partial charge in [0.15, 0.2) is 0 Å². The molecule has 132 valence electrons. The smallest absolute Gasteiger partial charge is 0.275 e. The van der Waals surface area contributed by atoms with Crippen molar-refractivity contribution >= 4 is 29.1 Å². The van der Waals surface area contributed by atoms with E-state index in [9.17, 15) is 14.0 Å². The summed E-state index contributed by atoms with van der Waals surface area (Å²) in [4.78, 5) is 31.2. The van der Waals surface area contributed by atoms with Gasteiger partial charge in [0.1, 0.15) is 23.2 Å². The molecule has 26 heavy (non-hydrogen) atoms. The number of hydrogen-bond donors (Lipinski definition) is 1. The predicted octanol–water partition coefficient (Wildman–Crippen LogP) is 2.44. The Balaban J connectivity index is 1.71. The second kappa shape index (κ2) is 6.42. The zero-order chi connectivity index (χ0) is 18.3. The molecule has 1 saturated heterocycles. The van der Waals surface area contributed by atoms with Crippen LogP contribution in [0.5, 0.6) is 0 Å². The third-order valence-electron chi connectivity index (χ3n) is 4.29. The normalized spacial score (nSPS) is 17.4. The number of carbonyl (C=O) groups excluding carboxylic acids is 2. The van der Waals surface area contributed by atoms with Gasteiger partial charge in [0.2, 0.25) is 5.91 Å². The van der Waals surface area contributed by atoms with E-state index >= 15 is 0 Å². The summed E-state index contributed by atoms with van der Waals surface area (Å²) in [5, 5.41) is 3.27. The standard InChI is InChI=1S/C18H14ClFN4O2/c19-12-3-6-15-22-14(10-23(15)9-12)18(26)24-8-7-21-17(25)16(24)11-1-4-13(20)5-2-11/h1-6,9-10,16H,7-8H2,(H,21,25)/t16-/m1/s1. The highest BCUT2D eigenvalue weighted by atomic mass is 35.5. The number of amides is 2. The van der Waals surface area contributed by atoms with Crippen LogP contribution in [-0.4, -0.2) is 39.2 Å². The molecule has 0 spiro atoms. The maximum Gasteiger partial charge on any atom is 0.275 e. The second-order valence-corrected chi connectivity index (χ2v) is 6.42. The summed E-state index contributed by atoms with van der Waals surface area (Å²) in [5.74, 6) is -1.07. The van der Waals surface area contributed by atoms with Crippen LogP contribution in [0.1, 0.15) is 22.1 Å². The molecule has 1 fully saturated rings. The lowest BCUT2D eigenvalue weighted by Crippen LogP contribution is -2.52. The molecule has 8 heteroatoms. The van der Waals surface area contributed by atoms with Gasteiger partial charge >= 0.3 is 0 Å². The van der Waals surface area contributed by atoms with Crippen molar-refractivity contribution in [3.63, 3.8) is 0 Å². The molecular weight excluding hydrogens is 359 g/mol. The number of rotatable bonds is 2. The maximum atomic E-state index is 13.2. The molecule has 0 aliphatic carbocycles. The first-order valence-electron chi connectivity index (χ1n) is 8.01. The SMILES string of the molecule is O=C1NCCN(C(=O)c2cn3cc(Cl)ccc3n2)[C@@H]1c1ccc(F)cc1. The summed E-state index contributed by atoms with van der Waals surface area (Å²) < 4.78 is 14.9. The van der Waals surface area contributed by atoms with Crippen LogP contribution in [-0.2, 0) is 4.79 Å². The van der Waals surface area contributed by atoms with Crippen LogP contribution >= 0.6 is 11.6 Å². The molecule has 1 atom stereocenters. The molecule has 4 rings (SSSR count). The van der Waals surface area contributed by atoms with Crippen molar-refractivity contribution < 1.29 is 14.0 Å². The number of piperazine rings is 1. The highest BCUT2D eigenvalue weighted by molar-refractivity contribution is 6.30. The van der Waals surface area contributed by atoms with E-state index in [1.54, 1.807) is 28.9 Å². The van der Waals surface area contributed by atoms with Gasteiger partial charge in [0.05, 0.1) is 5.02 Å². The van der Waals surface area contributed by atoms with Crippen LogP contribution in [0.15, 0.2) is 48.8 Å². The Kier molecular flexibility index (Phi) is 4.08. The lowest BCUT2D eigenvalue weighted by molar-refractivity contribution is -0.128. The van der Waals surface area contributed by atoms with Gasteiger partial charge < -0.3 is 14.6 Å². The van der Waals surface area contributed by atoms with Crippen molar-refractivity contribution in [1.29, 1.82) is 0 Å². The number of fused-ring (bicyclic) bond motifs is 1. The third-order valence-corrected chi connectivity index (χ3v) is 4.52. The Bertz CT molecular complexity index is 1000. The van der Waals surface area contributed by atoms with Crippen molar-refractivity contribution in [3.8, 4) is 0 Å². The molecule has 1 N–H and O–H groups in total. The van der Waals surface area contributed by atoms with E-state index in [-0.39, 0.29) is 17.5 Å². The van der Waals surface area contributed by atoms with Crippen LogP contribution in [0.4, 0.5) is 4.39 Å². The minimum absolute atomic E-state index is 0.217. The Morgan fingerprint density at radius 3 is 2.73 bits per heavy atom. The number of nitrogens with one attached hydrogen (secondary N) is 1. The molecule has 2 amide bonds. The predicted molar refractivity (Wildman–Crippen MR) is 93.4 cm³/mol. The molecule has 1 aliphatic heterocycles. The van der Waals surface area contributed by atoms with Crippen LogP contribution in [0.2, 0.25) is 5.02 Å². The van der Waals surface area contributed by atoms with Crippen LogP contribution in [0.3, 0.4) is 0 Å². The number of halogens is 2. The maximum absolute atomic E-state index is 13.2. The van der Waals surface area contributed by atoms with Crippen molar-refractivity contribution in [1.82, 2.24) is 19.6 Å². The summed E-state index contributed by atoms with van der Waals surface area (Å²) in [7, 11) is 0. The Morgan fingerprint density at radius 1 is 1.19 bits per heavy atom. The largest absolute Gasteiger partial charge is 0.352 e. The monoisotopic (exact) mass is 372 g/mol. The van der Waals surface area contributed by atoms with E-state index in [4.69, 9.17) is 11.6 Å². The Labute approximate surface area is 153 Å². The lowest BCUT2D eigenvalue weighted by atomic mass is 10.0. The molecule has 3 aromatic rings. The average molecular weight is 373 g/mol. The highest BCUT2D eigenvalue weighted by Gasteiger charge is 2.35. The molecule has 6 nitrogen and oxygen atoms in total. The minimum atomic E-state index is -0.828. The van der Waals surface area contributed by atoms with Gasteiger partial charge in [0, 0.05) is 25.5 Å². The van der Waals surface area contributed by atoms with Gasteiger partial charge in [-0.2, -0.15) is 0 Å². The number of imidazole rings is 1.